The molecule has 1 saturated heterocycles. The second-order valence-electron chi connectivity index (χ2n) is 9.70. The van der Waals surface area contributed by atoms with Crippen molar-refractivity contribution >= 4 is 0 Å². The zero-order valence-corrected chi connectivity index (χ0v) is 21.4. The Balaban J connectivity index is 1.62. The van der Waals surface area contributed by atoms with E-state index in [-0.39, 0.29) is 18.3 Å². The molecule has 5 heteroatoms. The van der Waals surface area contributed by atoms with Crippen LogP contribution in [0.15, 0.2) is 48.5 Å². The molecular weight excluding hydrogens is 428 g/mol. The molecule has 2 aromatic rings. The first kappa shape index (κ1) is 26.5. The van der Waals surface area contributed by atoms with Crippen molar-refractivity contribution in [2.75, 3.05) is 13.2 Å². The first-order valence-electron chi connectivity index (χ1n) is 12.8. The lowest BCUT2D eigenvalue weighted by Crippen LogP contribution is -2.40. The number of ether oxygens (including phenoxy) is 3. The second kappa shape index (κ2) is 11.6. The van der Waals surface area contributed by atoms with Gasteiger partial charge < -0.3 is 24.4 Å². The minimum Gasteiger partial charge on any atom is -0.491 e. The maximum absolute atomic E-state index is 11.3. The molecule has 0 amide bonds. The zero-order valence-electron chi connectivity index (χ0n) is 21.4. The molecule has 0 aromatic heterocycles. The number of rotatable bonds is 14. The molecule has 3 atom stereocenters. The van der Waals surface area contributed by atoms with Gasteiger partial charge >= 0.3 is 0 Å². The highest BCUT2D eigenvalue weighted by Gasteiger charge is 2.46. The van der Waals surface area contributed by atoms with Gasteiger partial charge in [-0.3, -0.25) is 0 Å². The Morgan fingerprint density at radius 3 is 1.85 bits per heavy atom. The van der Waals surface area contributed by atoms with E-state index in [9.17, 15) is 10.2 Å². The number of hydrogen-bond donors (Lipinski definition) is 2. The Labute approximate surface area is 205 Å². The van der Waals surface area contributed by atoms with E-state index in [1.807, 2.05) is 48.5 Å². The number of aliphatic hydroxyl groups excluding tert-OH is 1. The molecule has 5 nitrogen and oxygen atoms in total. The van der Waals surface area contributed by atoms with Crippen LogP contribution in [0.5, 0.6) is 11.5 Å². The van der Waals surface area contributed by atoms with Crippen LogP contribution < -0.4 is 9.47 Å². The molecule has 2 N–H and O–H groups in total. The van der Waals surface area contributed by atoms with Crippen LogP contribution in [0.3, 0.4) is 0 Å². The van der Waals surface area contributed by atoms with E-state index < -0.39 is 11.7 Å². The topological polar surface area (TPSA) is 71.5 Å². The highest BCUT2D eigenvalue weighted by atomic mass is 16.6. The Morgan fingerprint density at radius 1 is 0.912 bits per heavy atom. The normalized spacial score (nSPS) is 18.4. The first-order valence-corrected chi connectivity index (χ1v) is 12.8. The highest BCUT2D eigenvalue weighted by Crippen LogP contribution is 2.37. The Hall–Kier alpha value is -2.08. The van der Waals surface area contributed by atoms with E-state index in [1.54, 1.807) is 6.92 Å². The fourth-order valence-corrected chi connectivity index (χ4v) is 4.66. The Bertz CT molecular complexity index is 862. The molecule has 3 rings (SSSR count). The summed E-state index contributed by atoms with van der Waals surface area (Å²) in [7, 11) is 0. The summed E-state index contributed by atoms with van der Waals surface area (Å²) in [5.74, 6) is 1.99. The van der Waals surface area contributed by atoms with Crippen LogP contribution in [0.2, 0.25) is 0 Å². The molecule has 1 heterocycles. The maximum atomic E-state index is 11.3. The summed E-state index contributed by atoms with van der Waals surface area (Å²) in [5.41, 5.74) is 0.115. The number of hydrogen-bond acceptors (Lipinski definition) is 5. The molecule has 2 aromatic carbocycles. The van der Waals surface area contributed by atoms with Crippen molar-refractivity contribution < 1.29 is 24.4 Å². The summed E-state index contributed by atoms with van der Waals surface area (Å²) in [5, 5.41) is 21.5. The summed E-state index contributed by atoms with van der Waals surface area (Å²) in [6.45, 7) is 11.4. The third-order valence-electron chi connectivity index (χ3n) is 7.47. The third-order valence-corrected chi connectivity index (χ3v) is 7.47. The van der Waals surface area contributed by atoms with Crippen LogP contribution in [0.1, 0.15) is 77.8 Å². The van der Waals surface area contributed by atoms with Crippen molar-refractivity contribution in [1.82, 2.24) is 0 Å². The van der Waals surface area contributed by atoms with Gasteiger partial charge in [-0.15, -0.1) is 0 Å². The van der Waals surface area contributed by atoms with Crippen molar-refractivity contribution in [3.05, 3.63) is 59.7 Å². The van der Waals surface area contributed by atoms with Crippen LogP contribution in [0.25, 0.3) is 0 Å². The van der Waals surface area contributed by atoms with E-state index in [0.717, 1.165) is 55.6 Å². The predicted molar refractivity (Wildman–Crippen MR) is 135 cm³/mol. The first-order chi connectivity index (χ1) is 16.3. The number of aliphatic hydroxyl groups is 2. The third kappa shape index (κ3) is 6.32. The summed E-state index contributed by atoms with van der Waals surface area (Å²) < 4.78 is 17.7. The van der Waals surface area contributed by atoms with Gasteiger partial charge in [-0.05, 0) is 67.5 Å². The minimum absolute atomic E-state index is 0.159. The van der Waals surface area contributed by atoms with Crippen molar-refractivity contribution in [3.63, 3.8) is 0 Å². The largest absolute Gasteiger partial charge is 0.491 e. The standard InChI is InChI=1S/C29H42O5/c1-6-21(7-2)18-24(30)19-32-25-14-10-22(11-15-25)28(5,31)23-12-16-26(17-13-23)34-29(8-3,9-4)27-20-33-27/h10-17,21,24,27,30-31H,6-9,18-20H2,1-5H3. The monoisotopic (exact) mass is 470 g/mol. The summed E-state index contributed by atoms with van der Waals surface area (Å²) in [6, 6.07) is 15.1. The van der Waals surface area contributed by atoms with Crippen molar-refractivity contribution in [2.24, 2.45) is 5.92 Å². The van der Waals surface area contributed by atoms with Crippen molar-refractivity contribution in [2.45, 2.75) is 90.1 Å². The molecule has 0 aliphatic carbocycles. The van der Waals surface area contributed by atoms with Gasteiger partial charge in [-0.2, -0.15) is 0 Å². The van der Waals surface area contributed by atoms with Crippen LogP contribution in [0.4, 0.5) is 0 Å². The molecule has 0 bridgehead atoms. The lowest BCUT2D eigenvalue weighted by atomic mass is 9.88. The van der Waals surface area contributed by atoms with E-state index in [4.69, 9.17) is 14.2 Å². The van der Waals surface area contributed by atoms with Gasteiger partial charge in [0.15, 0.2) is 0 Å². The highest BCUT2D eigenvalue weighted by molar-refractivity contribution is 5.40. The molecule has 0 spiro atoms. The lowest BCUT2D eigenvalue weighted by molar-refractivity contribution is 0.0300. The summed E-state index contributed by atoms with van der Waals surface area (Å²) in [6.07, 6.45) is 4.35. The molecule has 0 radical (unpaired) electrons. The quantitative estimate of drug-likeness (QED) is 0.339. The van der Waals surface area contributed by atoms with Crippen molar-refractivity contribution in [3.8, 4) is 11.5 Å². The van der Waals surface area contributed by atoms with Crippen LogP contribution in [-0.2, 0) is 10.3 Å². The number of benzene rings is 2. The Morgan fingerprint density at radius 2 is 1.41 bits per heavy atom. The van der Waals surface area contributed by atoms with E-state index in [1.165, 1.54) is 0 Å². The zero-order chi connectivity index (χ0) is 24.8. The van der Waals surface area contributed by atoms with Gasteiger partial charge in [0.1, 0.15) is 35.4 Å². The van der Waals surface area contributed by atoms with Gasteiger partial charge in [0.25, 0.3) is 0 Å². The number of epoxide rings is 1. The van der Waals surface area contributed by atoms with Gasteiger partial charge in [-0.1, -0.05) is 64.8 Å². The van der Waals surface area contributed by atoms with E-state index in [0.29, 0.717) is 11.7 Å². The molecule has 34 heavy (non-hydrogen) atoms. The summed E-state index contributed by atoms with van der Waals surface area (Å²) in [4.78, 5) is 0. The fourth-order valence-electron chi connectivity index (χ4n) is 4.66. The van der Waals surface area contributed by atoms with E-state index in [2.05, 4.69) is 27.7 Å². The van der Waals surface area contributed by atoms with Gasteiger partial charge in [0.05, 0.1) is 12.7 Å². The van der Waals surface area contributed by atoms with Gasteiger partial charge in [-0.25, -0.2) is 0 Å². The average Bonchev–Trinajstić information content (AvgIpc) is 3.71. The molecule has 188 valence electrons. The molecule has 3 unspecified atom stereocenters. The van der Waals surface area contributed by atoms with E-state index >= 15 is 0 Å². The van der Waals surface area contributed by atoms with Gasteiger partial charge in [0.2, 0.25) is 0 Å². The minimum atomic E-state index is -1.15. The SMILES string of the molecule is CCC(CC)CC(O)COc1ccc(C(C)(O)c2ccc(OC(CC)(CC)C3CO3)cc2)cc1. The molecule has 1 fully saturated rings. The van der Waals surface area contributed by atoms with Gasteiger partial charge in [0, 0.05) is 0 Å². The maximum Gasteiger partial charge on any atom is 0.137 e. The molecule has 1 aliphatic rings. The van der Waals surface area contributed by atoms with Crippen LogP contribution in [-0.4, -0.2) is 41.2 Å². The molecule has 0 saturated carbocycles. The van der Waals surface area contributed by atoms with Crippen LogP contribution in [0, 0.1) is 5.92 Å². The smallest absolute Gasteiger partial charge is 0.137 e. The average molecular weight is 471 g/mol. The lowest BCUT2D eigenvalue weighted by Gasteiger charge is -2.31. The molecular formula is C29H42O5. The second-order valence-corrected chi connectivity index (χ2v) is 9.70. The summed E-state index contributed by atoms with van der Waals surface area (Å²) >= 11 is 0. The molecule has 1 aliphatic heterocycles. The van der Waals surface area contributed by atoms with Crippen LogP contribution >= 0.6 is 0 Å². The van der Waals surface area contributed by atoms with Crippen molar-refractivity contribution in [1.29, 1.82) is 0 Å². The Kier molecular flexibility index (Phi) is 9.02. The predicted octanol–water partition coefficient (Wildman–Crippen LogP) is 5.84. The fraction of sp³-hybridized carbons (Fsp3) is 0.586.